The van der Waals surface area contributed by atoms with Crippen molar-refractivity contribution in [2.75, 3.05) is 13.6 Å². The molecule has 3 rings (SSSR count). The predicted octanol–water partition coefficient (Wildman–Crippen LogP) is 0.908. The van der Waals surface area contributed by atoms with Crippen molar-refractivity contribution >= 4 is 22.7 Å². The molecule has 2 N–H and O–H groups in total. The van der Waals surface area contributed by atoms with Gasteiger partial charge in [0.25, 0.3) is 5.91 Å². The molecule has 0 unspecified atom stereocenters. The number of nitrogens with zero attached hydrogens (tertiary/aromatic N) is 4. The van der Waals surface area contributed by atoms with Gasteiger partial charge in [0, 0.05) is 13.1 Å². The van der Waals surface area contributed by atoms with Crippen LogP contribution in [0.1, 0.15) is 5.89 Å². The molecule has 1 aromatic carbocycles. The van der Waals surface area contributed by atoms with Crippen molar-refractivity contribution in [1.82, 2.24) is 20.6 Å². The summed E-state index contributed by atoms with van der Waals surface area (Å²) in [5, 5.41) is 16.3. The van der Waals surface area contributed by atoms with Crippen LogP contribution >= 0.6 is 0 Å². The maximum Gasteiger partial charge on any atom is 0.267 e. The van der Waals surface area contributed by atoms with Gasteiger partial charge in [0.05, 0.1) is 18.8 Å². The molecule has 0 atom stereocenters. The number of rotatable bonds is 4. The first-order valence-electron chi connectivity index (χ1n) is 6.68. The maximum absolute atomic E-state index is 11.0. The number of oxazole rings is 1. The molecule has 1 aliphatic rings. The van der Waals surface area contributed by atoms with Crippen LogP contribution in [-0.2, 0) is 11.3 Å². The highest BCUT2D eigenvalue weighted by Crippen LogP contribution is 2.18. The third-order valence-electron chi connectivity index (χ3n) is 3.22. The van der Waals surface area contributed by atoms with Crippen LogP contribution in [0.2, 0.25) is 0 Å². The van der Waals surface area contributed by atoms with E-state index in [9.17, 15) is 4.79 Å². The summed E-state index contributed by atoms with van der Waals surface area (Å²) in [6.45, 7) is 0.989. The van der Waals surface area contributed by atoms with Gasteiger partial charge in [-0.3, -0.25) is 10.0 Å². The number of carbonyl (C=O) groups is 1. The van der Waals surface area contributed by atoms with E-state index in [1.54, 1.807) is 18.2 Å². The second-order valence-electron chi connectivity index (χ2n) is 4.79. The van der Waals surface area contributed by atoms with Gasteiger partial charge in [-0.15, -0.1) is 0 Å². The highest BCUT2D eigenvalue weighted by atomic mass is 16.5. The number of carbonyl (C=O) groups excluding carboxylic acids is 1. The average molecular weight is 301 g/mol. The number of hydrazone groups is 1. The fourth-order valence-corrected chi connectivity index (χ4v) is 2.17. The molecule has 22 heavy (non-hydrogen) atoms. The molecule has 1 amide bonds. The minimum absolute atomic E-state index is 0.470. The van der Waals surface area contributed by atoms with Crippen molar-refractivity contribution in [2.45, 2.75) is 6.54 Å². The first kappa shape index (κ1) is 14.2. The summed E-state index contributed by atoms with van der Waals surface area (Å²) >= 11 is 0. The fraction of sp³-hybridized carbons (Fsp3) is 0.214. The first-order chi connectivity index (χ1) is 10.7. The van der Waals surface area contributed by atoms with Gasteiger partial charge in [0.15, 0.2) is 5.58 Å². The quantitative estimate of drug-likeness (QED) is 0.495. The molecule has 8 heteroatoms. The fourth-order valence-electron chi connectivity index (χ4n) is 2.17. The lowest BCUT2D eigenvalue weighted by atomic mass is 10.3. The number of amides is 1. The molecule has 0 saturated carbocycles. The molecule has 114 valence electrons. The van der Waals surface area contributed by atoms with Gasteiger partial charge in [0.1, 0.15) is 5.52 Å². The van der Waals surface area contributed by atoms with Crippen molar-refractivity contribution in [1.29, 1.82) is 0 Å². The second kappa shape index (κ2) is 5.96. The Kier molecular flexibility index (Phi) is 3.86. The highest BCUT2D eigenvalue weighted by molar-refractivity contribution is 6.02. The Labute approximate surface area is 126 Å². The number of fused-ring (bicyclic) bond motifs is 1. The zero-order valence-electron chi connectivity index (χ0n) is 11.9. The van der Waals surface area contributed by atoms with E-state index < -0.39 is 5.91 Å². The molecular formula is C14H15N5O3. The van der Waals surface area contributed by atoms with E-state index in [1.807, 2.05) is 29.3 Å². The number of aromatic nitrogens is 1. The van der Waals surface area contributed by atoms with Crippen molar-refractivity contribution < 1.29 is 14.4 Å². The van der Waals surface area contributed by atoms with E-state index in [2.05, 4.69) is 10.1 Å². The SMILES string of the molecule is CN1N=C(/C=C/C(=O)NO)CN1Cc1nc2ccccc2o1. The van der Waals surface area contributed by atoms with Crippen LogP contribution in [0, 0.1) is 0 Å². The van der Waals surface area contributed by atoms with Gasteiger partial charge in [-0.1, -0.05) is 12.1 Å². The largest absolute Gasteiger partial charge is 0.439 e. The van der Waals surface area contributed by atoms with Gasteiger partial charge in [-0.25, -0.2) is 15.6 Å². The molecule has 2 aromatic rings. The third-order valence-corrected chi connectivity index (χ3v) is 3.22. The zero-order chi connectivity index (χ0) is 15.5. The van der Waals surface area contributed by atoms with Gasteiger partial charge >= 0.3 is 0 Å². The van der Waals surface area contributed by atoms with Crippen molar-refractivity contribution in [3.8, 4) is 0 Å². The zero-order valence-corrected chi connectivity index (χ0v) is 11.9. The number of hydroxylamine groups is 1. The van der Waals surface area contributed by atoms with Crippen LogP contribution in [0.15, 0.2) is 45.9 Å². The molecular weight excluding hydrogens is 286 g/mol. The lowest BCUT2D eigenvalue weighted by molar-refractivity contribution is -0.124. The molecule has 1 aromatic heterocycles. The Morgan fingerprint density at radius 1 is 1.50 bits per heavy atom. The first-order valence-corrected chi connectivity index (χ1v) is 6.68. The number of benzene rings is 1. The summed E-state index contributed by atoms with van der Waals surface area (Å²) in [5.41, 5.74) is 3.80. The monoisotopic (exact) mass is 301 g/mol. The number of hydrogen-bond donors (Lipinski definition) is 2. The van der Waals surface area contributed by atoms with Crippen molar-refractivity contribution in [3.05, 3.63) is 42.3 Å². The molecule has 0 fully saturated rings. The Balaban J connectivity index is 1.67. The van der Waals surface area contributed by atoms with E-state index >= 15 is 0 Å². The van der Waals surface area contributed by atoms with Crippen LogP contribution in [-0.4, -0.2) is 45.5 Å². The summed E-state index contributed by atoms with van der Waals surface area (Å²) in [4.78, 5) is 15.4. The smallest absolute Gasteiger partial charge is 0.267 e. The van der Waals surface area contributed by atoms with Crippen LogP contribution < -0.4 is 5.48 Å². The van der Waals surface area contributed by atoms with E-state index in [0.717, 1.165) is 11.1 Å². The van der Waals surface area contributed by atoms with Crippen LogP contribution in [0.5, 0.6) is 0 Å². The standard InChI is InChI=1S/C14H15N5O3/c1-18-16-10(6-7-13(20)17-21)8-19(18)9-14-15-11-4-2-3-5-12(11)22-14/h2-7,21H,8-9H2,1H3,(H,17,20)/b7-6+. The van der Waals surface area contributed by atoms with Gasteiger partial charge in [-0.2, -0.15) is 10.1 Å². The van der Waals surface area contributed by atoms with Crippen molar-refractivity contribution in [2.24, 2.45) is 5.10 Å². The number of hydrazine groups is 1. The summed E-state index contributed by atoms with van der Waals surface area (Å²) in [6, 6.07) is 7.58. The molecule has 8 nitrogen and oxygen atoms in total. The lowest BCUT2D eigenvalue weighted by Gasteiger charge is -2.20. The van der Waals surface area contributed by atoms with Gasteiger partial charge < -0.3 is 4.42 Å². The number of nitrogens with one attached hydrogen (secondary N) is 1. The van der Waals surface area contributed by atoms with Crippen molar-refractivity contribution in [3.63, 3.8) is 0 Å². The van der Waals surface area contributed by atoms with Crippen LogP contribution in [0.3, 0.4) is 0 Å². The minimum atomic E-state index is -0.595. The molecule has 0 radical (unpaired) electrons. The Morgan fingerprint density at radius 2 is 2.32 bits per heavy atom. The second-order valence-corrected chi connectivity index (χ2v) is 4.79. The van der Waals surface area contributed by atoms with E-state index in [4.69, 9.17) is 9.62 Å². The Bertz CT molecular complexity index is 719. The van der Waals surface area contributed by atoms with E-state index in [1.165, 1.54) is 11.6 Å². The topological polar surface area (TPSA) is 94.2 Å². The molecule has 0 saturated heterocycles. The summed E-state index contributed by atoms with van der Waals surface area (Å²) in [5.74, 6) is 0.00401. The molecule has 0 aliphatic carbocycles. The van der Waals surface area contributed by atoms with E-state index in [-0.39, 0.29) is 0 Å². The predicted molar refractivity (Wildman–Crippen MR) is 78.7 cm³/mol. The molecule has 0 spiro atoms. The number of para-hydroxylation sites is 2. The minimum Gasteiger partial charge on any atom is -0.439 e. The summed E-state index contributed by atoms with van der Waals surface area (Å²) in [6.07, 6.45) is 2.77. The highest BCUT2D eigenvalue weighted by Gasteiger charge is 2.21. The Hall–Kier alpha value is -2.71. The van der Waals surface area contributed by atoms with Crippen LogP contribution in [0.25, 0.3) is 11.1 Å². The average Bonchev–Trinajstić information content (AvgIpc) is 3.08. The molecule has 0 bridgehead atoms. The van der Waals surface area contributed by atoms with Gasteiger partial charge in [-0.05, 0) is 18.2 Å². The Morgan fingerprint density at radius 3 is 3.09 bits per heavy atom. The van der Waals surface area contributed by atoms with Gasteiger partial charge in [0.2, 0.25) is 5.89 Å². The van der Waals surface area contributed by atoms with Crippen LogP contribution in [0.4, 0.5) is 0 Å². The normalized spacial score (nSPS) is 15.7. The summed E-state index contributed by atoms with van der Waals surface area (Å²) in [7, 11) is 1.80. The summed E-state index contributed by atoms with van der Waals surface area (Å²) < 4.78 is 5.68. The molecule has 1 aliphatic heterocycles. The third kappa shape index (κ3) is 2.97. The lowest BCUT2D eigenvalue weighted by Crippen LogP contribution is -2.32. The molecule has 2 heterocycles. The van der Waals surface area contributed by atoms with E-state index in [0.29, 0.717) is 24.7 Å². The number of hydrogen-bond acceptors (Lipinski definition) is 7. The maximum atomic E-state index is 11.0.